The average molecular weight is 212 g/mol. The second kappa shape index (κ2) is 4.97. The number of nitrogens with one attached hydrogen (secondary N) is 1. The third-order valence-corrected chi connectivity index (χ3v) is 2.97. The fourth-order valence-electron chi connectivity index (χ4n) is 2.15. The Bertz CT molecular complexity index is 218. The van der Waals surface area contributed by atoms with Gasteiger partial charge in [-0.25, -0.2) is 0 Å². The molecule has 1 heterocycles. The van der Waals surface area contributed by atoms with Crippen molar-refractivity contribution in [1.82, 2.24) is 10.2 Å². The second-order valence-electron chi connectivity index (χ2n) is 5.46. The monoisotopic (exact) mass is 212 g/mol. The van der Waals surface area contributed by atoms with E-state index in [2.05, 4.69) is 10.2 Å². The number of likely N-dealkylation sites (tertiary alicyclic amines) is 1. The zero-order valence-electron chi connectivity index (χ0n) is 10.5. The van der Waals surface area contributed by atoms with E-state index < -0.39 is 0 Å². The SMILES string of the molecule is CNCC1CCCCN1C(=O)C(C)(C)C. The summed E-state index contributed by atoms with van der Waals surface area (Å²) in [4.78, 5) is 14.3. The van der Waals surface area contributed by atoms with Crippen molar-refractivity contribution in [1.29, 1.82) is 0 Å². The van der Waals surface area contributed by atoms with Gasteiger partial charge < -0.3 is 10.2 Å². The molecule has 0 aromatic rings. The van der Waals surface area contributed by atoms with Crippen molar-refractivity contribution in [2.24, 2.45) is 5.41 Å². The van der Waals surface area contributed by atoms with Gasteiger partial charge in [0.2, 0.25) is 5.91 Å². The molecule has 3 heteroatoms. The van der Waals surface area contributed by atoms with Gasteiger partial charge >= 0.3 is 0 Å². The molecule has 0 aromatic carbocycles. The molecule has 0 aromatic heterocycles. The normalized spacial score (nSPS) is 22.9. The van der Waals surface area contributed by atoms with Crippen LogP contribution in [0.3, 0.4) is 0 Å². The summed E-state index contributed by atoms with van der Waals surface area (Å²) in [5.41, 5.74) is -0.247. The summed E-state index contributed by atoms with van der Waals surface area (Å²) >= 11 is 0. The number of carbonyl (C=O) groups is 1. The Morgan fingerprint density at radius 3 is 2.60 bits per heavy atom. The molecule has 1 saturated heterocycles. The van der Waals surface area contributed by atoms with Gasteiger partial charge in [-0.15, -0.1) is 0 Å². The maximum Gasteiger partial charge on any atom is 0.228 e. The van der Waals surface area contributed by atoms with Crippen molar-refractivity contribution in [3.63, 3.8) is 0 Å². The van der Waals surface area contributed by atoms with Crippen LogP contribution in [0, 0.1) is 5.41 Å². The highest BCUT2D eigenvalue weighted by Gasteiger charge is 2.32. The van der Waals surface area contributed by atoms with Gasteiger partial charge in [-0.1, -0.05) is 20.8 Å². The summed E-state index contributed by atoms with van der Waals surface area (Å²) in [5.74, 6) is 0.294. The molecule has 0 saturated carbocycles. The van der Waals surface area contributed by atoms with E-state index >= 15 is 0 Å². The van der Waals surface area contributed by atoms with Gasteiger partial charge in [0.15, 0.2) is 0 Å². The van der Waals surface area contributed by atoms with Gasteiger partial charge in [-0.3, -0.25) is 4.79 Å². The lowest BCUT2D eigenvalue weighted by Gasteiger charge is -2.39. The third kappa shape index (κ3) is 3.20. The predicted molar refractivity (Wildman–Crippen MR) is 62.7 cm³/mol. The molecule has 1 aliphatic heterocycles. The average Bonchev–Trinajstić information content (AvgIpc) is 2.17. The molecule has 3 nitrogen and oxygen atoms in total. The first-order valence-electron chi connectivity index (χ1n) is 5.92. The summed E-state index contributed by atoms with van der Waals surface area (Å²) in [5, 5.41) is 3.18. The van der Waals surface area contributed by atoms with E-state index in [4.69, 9.17) is 0 Å². The molecule has 0 aliphatic carbocycles. The van der Waals surface area contributed by atoms with E-state index in [-0.39, 0.29) is 5.41 Å². The lowest BCUT2D eigenvalue weighted by Crippen LogP contribution is -2.51. The van der Waals surface area contributed by atoms with Crippen molar-refractivity contribution in [2.75, 3.05) is 20.1 Å². The number of piperidine rings is 1. The third-order valence-electron chi connectivity index (χ3n) is 2.97. The Labute approximate surface area is 93.2 Å². The largest absolute Gasteiger partial charge is 0.338 e. The van der Waals surface area contributed by atoms with Crippen molar-refractivity contribution in [3.8, 4) is 0 Å². The van der Waals surface area contributed by atoms with Crippen LogP contribution in [0.25, 0.3) is 0 Å². The van der Waals surface area contributed by atoms with E-state index in [1.54, 1.807) is 0 Å². The molecule has 1 unspecified atom stereocenters. The van der Waals surface area contributed by atoms with Gasteiger partial charge in [0.05, 0.1) is 0 Å². The van der Waals surface area contributed by atoms with Crippen LogP contribution in [-0.2, 0) is 4.79 Å². The molecule has 88 valence electrons. The fraction of sp³-hybridized carbons (Fsp3) is 0.917. The molecular weight excluding hydrogens is 188 g/mol. The highest BCUT2D eigenvalue weighted by atomic mass is 16.2. The zero-order chi connectivity index (χ0) is 11.5. The molecule has 1 fully saturated rings. The first kappa shape index (κ1) is 12.5. The Morgan fingerprint density at radius 2 is 2.07 bits per heavy atom. The van der Waals surface area contributed by atoms with E-state index in [1.807, 2.05) is 27.8 Å². The van der Waals surface area contributed by atoms with Gasteiger partial charge in [0.1, 0.15) is 0 Å². The number of hydrogen-bond acceptors (Lipinski definition) is 2. The minimum atomic E-state index is -0.247. The van der Waals surface area contributed by atoms with Crippen LogP contribution < -0.4 is 5.32 Å². The number of rotatable bonds is 2. The fourth-order valence-corrected chi connectivity index (χ4v) is 2.15. The summed E-state index contributed by atoms with van der Waals surface area (Å²) in [6.45, 7) is 7.85. The van der Waals surface area contributed by atoms with E-state index in [9.17, 15) is 4.79 Å². The topological polar surface area (TPSA) is 32.3 Å². The molecule has 15 heavy (non-hydrogen) atoms. The highest BCUT2D eigenvalue weighted by Crippen LogP contribution is 2.24. The van der Waals surface area contributed by atoms with E-state index in [0.717, 1.165) is 25.9 Å². The van der Waals surface area contributed by atoms with Crippen LogP contribution in [0.4, 0.5) is 0 Å². The number of amides is 1. The second-order valence-corrected chi connectivity index (χ2v) is 5.46. The predicted octanol–water partition coefficient (Wildman–Crippen LogP) is 1.63. The van der Waals surface area contributed by atoms with Crippen molar-refractivity contribution >= 4 is 5.91 Å². The lowest BCUT2D eigenvalue weighted by atomic mass is 9.91. The molecule has 0 spiro atoms. The zero-order valence-corrected chi connectivity index (χ0v) is 10.5. The Kier molecular flexibility index (Phi) is 4.14. The molecule has 0 radical (unpaired) electrons. The Balaban J connectivity index is 2.67. The van der Waals surface area contributed by atoms with E-state index in [1.165, 1.54) is 6.42 Å². The highest BCUT2D eigenvalue weighted by molar-refractivity contribution is 5.81. The molecular formula is C12H24N2O. The number of carbonyl (C=O) groups excluding carboxylic acids is 1. The van der Waals surface area contributed by atoms with Crippen molar-refractivity contribution in [2.45, 2.75) is 46.1 Å². The Morgan fingerprint density at radius 1 is 1.40 bits per heavy atom. The summed E-state index contributed by atoms with van der Waals surface area (Å²) in [6, 6.07) is 0.399. The molecule has 1 rings (SSSR count). The quantitative estimate of drug-likeness (QED) is 0.754. The van der Waals surface area contributed by atoms with E-state index in [0.29, 0.717) is 11.9 Å². The van der Waals surface area contributed by atoms with Gasteiger partial charge in [-0.05, 0) is 26.3 Å². The first-order valence-corrected chi connectivity index (χ1v) is 5.92. The summed E-state index contributed by atoms with van der Waals surface area (Å²) in [7, 11) is 1.95. The van der Waals surface area contributed by atoms with Crippen LogP contribution in [0.2, 0.25) is 0 Å². The molecule has 1 amide bonds. The van der Waals surface area contributed by atoms with Crippen LogP contribution in [-0.4, -0.2) is 37.0 Å². The van der Waals surface area contributed by atoms with Gasteiger partial charge in [0, 0.05) is 24.5 Å². The Hall–Kier alpha value is -0.570. The first-order chi connectivity index (χ1) is 6.96. The van der Waals surface area contributed by atoms with Gasteiger partial charge in [-0.2, -0.15) is 0 Å². The minimum Gasteiger partial charge on any atom is -0.338 e. The number of likely N-dealkylation sites (N-methyl/N-ethyl adjacent to an activating group) is 1. The summed E-state index contributed by atoms with van der Waals surface area (Å²) in [6.07, 6.45) is 3.55. The van der Waals surface area contributed by atoms with Crippen molar-refractivity contribution in [3.05, 3.63) is 0 Å². The summed E-state index contributed by atoms with van der Waals surface area (Å²) < 4.78 is 0. The van der Waals surface area contributed by atoms with Crippen LogP contribution >= 0.6 is 0 Å². The van der Waals surface area contributed by atoms with Crippen molar-refractivity contribution < 1.29 is 4.79 Å². The maximum atomic E-state index is 12.2. The minimum absolute atomic E-state index is 0.247. The van der Waals surface area contributed by atoms with Crippen LogP contribution in [0.15, 0.2) is 0 Å². The molecule has 1 N–H and O–H groups in total. The number of hydrogen-bond donors (Lipinski definition) is 1. The smallest absolute Gasteiger partial charge is 0.228 e. The standard InChI is InChI=1S/C12H24N2O/c1-12(2,3)11(15)14-8-6-5-7-10(14)9-13-4/h10,13H,5-9H2,1-4H3. The molecule has 0 bridgehead atoms. The lowest BCUT2D eigenvalue weighted by molar-refractivity contribution is -0.143. The van der Waals surface area contributed by atoms with Gasteiger partial charge in [0.25, 0.3) is 0 Å². The molecule has 1 aliphatic rings. The van der Waals surface area contributed by atoms with Crippen LogP contribution in [0.1, 0.15) is 40.0 Å². The number of nitrogens with zero attached hydrogens (tertiary/aromatic N) is 1. The van der Waals surface area contributed by atoms with Crippen LogP contribution in [0.5, 0.6) is 0 Å². The molecule has 1 atom stereocenters. The maximum absolute atomic E-state index is 12.2.